The third-order valence-corrected chi connectivity index (χ3v) is 5.49. The third-order valence-electron chi connectivity index (χ3n) is 4.09. The topological polar surface area (TPSA) is 135 Å². The monoisotopic (exact) mass is 390 g/mol. The zero-order valence-corrected chi connectivity index (χ0v) is 16.1. The number of nitrogens with two attached hydrogens (primary N) is 1. The van der Waals surface area contributed by atoms with Crippen molar-refractivity contribution in [1.29, 1.82) is 0 Å². The zero-order valence-electron chi connectivity index (χ0n) is 15.3. The normalized spacial score (nSPS) is 26.5. The number of nitrogens with zero attached hydrogens (tertiary/aromatic N) is 2. The van der Waals surface area contributed by atoms with Crippen LogP contribution >= 0.6 is 0 Å². The third kappa shape index (κ3) is 4.80. The van der Waals surface area contributed by atoms with Gasteiger partial charge in [-0.05, 0) is 33.4 Å². The summed E-state index contributed by atoms with van der Waals surface area (Å²) in [4.78, 5) is 15.9. The number of sulfonamides is 1. The summed E-state index contributed by atoms with van der Waals surface area (Å²) in [6, 6.07) is 1.48. The second-order valence-electron chi connectivity index (χ2n) is 6.27. The van der Waals surface area contributed by atoms with Gasteiger partial charge in [-0.2, -0.15) is 4.98 Å². The molecule has 148 valence electrons. The Bertz CT molecular complexity index is 766. The van der Waals surface area contributed by atoms with E-state index in [9.17, 15) is 13.2 Å². The fourth-order valence-electron chi connectivity index (χ4n) is 2.89. The van der Waals surface area contributed by atoms with Gasteiger partial charge < -0.3 is 19.9 Å². The number of ether oxygens (including phenoxy) is 3. The largest absolute Gasteiger partial charge is 0.383 e. The quantitative estimate of drug-likeness (QED) is 0.605. The molecule has 1 aromatic heterocycles. The molecule has 3 N–H and O–H groups in total. The van der Waals surface area contributed by atoms with E-state index < -0.39 is 40.3 Å². The van der Waals surface area contributed by atoms with Crippen molar-refractivity contribution >= 4 is 15.8 Å². The predicted molar refractivity (Wildman–Crippen MR) is 95.1 cm³/mol. The first-order valence-electron chi connectivity index (χ1n) is 8.28. The minimum atomic E-state index is -3.40. The summed E-state index contributed by atoms with van der Waals surface area (Å²) in [5, 5.41) is 0. The van der Waals surface area contributed by atoms with Crippen LogP contribution in [0.15, 0.2) is 17.1 Å². The van der Waals surface area contributed by atoms with Crippen molar-refractivity contribution in [3.63, 3.8) is 0 Å². The second kappa shape index (κ2) is 8.44. The van der Waals surface area contributed by atoms with Crippen LogP contribution in [0, 0.1) is 0 Å². The molecule has 10 nitrogen and oxygen atoms in total. The van der Waals surface area contributed by atoms with E-state index in [1.54, 1.807) is 0 Å². The van der Waals surface area contributed by atoms with E-state index in [-0.39, 0.29) is 24.1 Å². The Balaban J connectivity index is 2.31. The maximum Gasteiger partial charge on any atom is 0.351 e. The second-order valence-corrected chi connectivity index (χ2v) is 8.31. The number of nitrogen functional groups attached to an aromatic ring is 1. The van der Waals surface area contributed by atoms with Gasteiger partial charge in [0.2, 0.25) is 10.0 Å². The van der Waals surface area contributed by atoms with Crippen molar-refractivity contribution in [3.05, 3.63) is 22.7 Å². The molecule has 26 heavy (non-hydrogen) atoms. The maximum absolute atomic E-state index is 12.2. The molecule has 2 rings (SSSR count). The highest BCUT2D eigenvalue weighted by Gasteiger charge is 2.47. The molecule has 1 aliphatic heterocycles. The Kier molecular flexibility index (Phi) is 6.74. The van der Waals surface area contributed by atoms with Crippen molar-refractivity contribution in [3.8, 4) is 0 Å². The fourth-order valence-corrected chi connectivity index (χ4v) is 3.63. The van der Waals surface area contributed by atoms with Gasteiger partial charge >= 0.3 is 5.69 Å². The number of hydrogen-bond acceptors (Lipinski definition) is 8. The number of methoxy groups -OCH3 is 1. The number of aromatic nitrogens is 2. The van der Waals surface area contributed by atoms with Crippen LogP contribution in [0.4, 0.5) is 5.82 Å². The van der Waals surface area contributed by atoms with Crippen molar-refractivity contribution in [2.45, 2.75) is 50.9 Å². The SMILES string of the molecule is CNS(=O)(=O)CC[C@H]1O[C@@H](n2ccc(N)nc2=O)[C@H](OC)[C@@H]1OC(C)C. The molecule has 11 heteroatoms. The molecule has 0 amide bonds. The fraction of sp³-hybridized carbons (Fsp3) is 0.733. The lowest BCUT2D eigenvalue weighted by molar-refractivity contribution is -0.0791. The Morgan fingerprint density at radius 3 is 2.65 bits per heavy atom. The lowest BCUT2D eigenvalue weighted by Crippen LogP contribution is -2.40. The summed E-state index contributed by atoms with van der Waals surface area (Å²) in [7, 11) is -0.562. The molecule has 0 bridgehead atoms. The van der Waals surface area contributed by atoms with E-state index in [2.05, 4.69) is 9.71 Å². The molecule has 2 heterocycles. The molecule has 0 unspecified atom stereocenters. The summed E-state index contributed by atoms with van der Waals surface area (Å²) in [5.41, 5.74) is 4.95. The number of hydrogen-bond donors (Lipinski definition) is 2. The van der Waals surface area contributed by atoms with Gasteiger partial charge in [-0.15, -0.1) is 0 Å². The summed E-state index contributed by atoms with van der Waals surface area (Å²) in [6.07, 6.45) is -0.991. The first kappa shape index (κ1) is 20.8. The van der Waals surface area contributed by atoms with Crippen LogP contribution in [0.3, 0.4) is 0 Å². The summed E-state index contributed by atoms with van der Waals surface area (Å²) >= 11 is 0. The van der Waals surface area contributed by atoms with Gasteiger partial charge in [-0.1, -0.05) is 0 Å². The molecule has 0 saturated carbocycles. The Labute approximate surface area is 152 Å². The maximum atomic E-state index is 12.2. The average molecular weight is 390 g/mol. The van der Waals surface area contributed by atoms with Crippen LogP contribution in [0.2, 0.25) is 0 Å². The number of anilines is 1. The first-order chi connectivity index (χ1) is 12.2. The van der Waals surface area contributed by atoms with Crippen LogP contribution in [-0.4, -0.2) is 62.3 Å². The highest BCUT2D eigenvalue weighted by atomic mass is 32.2. The van der Waals surface area contributed by atoms with Crippen LogP contribution in [0.5, 0.6) is 0 Å². The van der Waals surface area contributed by atoms with Crippen molar-refractivity contribution in [2.24, 2.45) is 0 Å². The molecular weight excluding hydrogens is 364 g/mol. The molecule has 1 fully saturated rings. The Morgan fingerprint density at radius 1 is 1.42 bits per heavy atom. The molecule has 4 atom stereocenters. The Morgan fingerprint density at radius 2 is 2.12 bits per heavy atom. The van der Waals surface area contributed by atoms with Crippen LogP contribution in [0.1, 0.15) is 26.5 Å². The molecule has 1 saturated heterocycles. The summed E-state index contributed by atoms with van der Waals surface area (Å²) in [5.74, 6) is -0.0330. The summed E-state index contributed by atoms with van der Waals surface area (Å²) in [6.45, 7) is 3.72. The summed E-state index contributed by atoms with van der Waals surface area (Å²) < 4.78 is 44.5. The van der Waals surface area contributed by atoms with Crippen molar-refractivity contribution < 1.29 is 22.6 Å². The minimum absolute atomic E-state index is 0.102. The van der Waals surface area contributed by atoms with Gasteiger partial charge in [0.1, 0.15) is 18.0 Å². The molecule has 0 aliphatic carbocycles. The van der Waals surface area contributed by atoms with E-state index >= 15 is 0 Å². The molecule has 0 aromatic carbocycles. The highest BCUT2D eigenvalue weighted by molar-refractivity contribution is 7.89. The molecular formula is C15H26N4O6S. The molecule has 0 radical (unpaired) electrons. The lowest BCUT2D eigenvalue weighted by atomic mass is 10.1. The number of rotatable bonds is 8. The Hall–Kier alpha value is -1.53. The van der Waals surface area contributed by atoms with E-state index in [4.69, 9.17) is 19.9 Å². The first-order valence-corrected chi connectivity index (χ1v) is 9.93. The zero-order chi connectivity index (χ0) is 19.5. The lowest BCUT2D eigenvalue weighted by Gasteiger charge is -2.25. The number of nitrogens with one attached hydrogen (secondary N) is 1. The van der Waals surface area contributed by atoms with E-state index in [0.29, 0.717) is 0 Å². The van der Waals surface area contributed by atoms with E-state index in [1.807, 2.05) is 13.8 Å². The van der Waals surface area contributed by atoms with Gasteiger partial charge in [0.05, 0.1) is 18.0 Å². The average Bonchev–Trinajstić information content (AvgIpc) is 2.89. The minimum Gasteiger partial charge on any atom is -0.383 e. The van der Waals surface area contributed by atoms with Crippen molar-refractivity contribution in [1.82, 2.24) is 14.3 Å². The van der Waals surface area contributed by atoms with E-state index in [1.165, 1.54) is 31.0 Å². The van der Waals surface area contributed by atoms with Gasteiger partial charge in [-0.25, -0.2) is 17.9 Å². The molecule has 1 aromatic rings. The van der Waals surface area contributed by atoms with Crippen LogP contribution in [-0.2, 0) is 24.2 Å². The van der Waals surface area contributed by atoms with Crippen LogP contribution < -0.4 is 16.1 Å². The standard InChI is InChI=1S/C15H26N4O6S/c1-9(2)24-12-10(6-8-26(21,22)17-3)25-14(13(12)23-4)19-7-5-11(16)18-15(19)20/h5,7,9-10,12-14,17H,6,8H2,1-4H3,(H2,16,18,20)/t10-,12-,13-,14-/m1/s1. The van der Waals surface area contributed by atoms with Gasteiger partial charge in [0.25, 0.3) is 0 Å². The smallest absolute Gasteiger partial charge is 0.351 e. The molecule has 1 aliphatic rings. The highest BCUT2D eigenvalue weighted by Crippen LogP contribution is 2.35. The van der Waals surface area contributed by atoms with Gasteiger partial charge in [0.15, 0.2) is 6.23 Å². The van der Waals surface area contributed by atoms with Gasteiger partial charge in [0, 0.05) is 13.3 Å². The van der Waals surface area contributed by atoms with E-state index in [0.717, 1.165) is 0 Å². The predicted octanol–water partition coefficient (Wildman–Crippen LogP) is -0.529. The van der Waals surface area contributed by atoms with Gasteiger partial charge in [-0.3, -0.25) is 4.57 Å². The molecule has 0 spiro atoms. The van der Waals surface area contributed by atoms with Crippen molar-refractivity contribution in [2.75, 3.05) is 25.6 Å². The van der Waals surface area contributed by atoms with Crippen LogP contribution in [0.25, 0.3) is 0 Å².